The molecule has 25 heavy (non-hydrogen) atoms. The number of rotatable bonds is 5. The molecule has 2 heterocycles. The second-order valence-corrected chi connectivity index (χ2v) is 10.6. The Morgan fingerprint density at radius 2 is 2.20 bits per heavy atom. The summed E-state index contributed by atoms with van der Waals surface area (Å²) >= 11 is 3.11. The minimum Gasteiger partial charge on any atom is -0.338 e. The van der Waals surface area contributed by atoms with Crippen molar-refractivity contribution < 1.29 is 13.2 Å². The smallest absolute Gasteiger partial charge is 0.233 e. The molecule has 1 saturated heterocycles. The van der Waals surface area contributed by atoms with Gasteiger partial charge in [-0.3, -0.25) is 4.79 Å². The van der Waals surface area contributed by atoms with Gasteiger partial charge < -0.3 is 4.90 Å². The second-order valence-electron chi connectivity index (χ2n) is 6.23. The van der Waals surface area contributed by atoms with Crippen LogP contribution in [0.4, 0.5) is 5.69 Å². The summed E-state index contributed by atoms with van der Waals surface area (Å²) in [5, 5.41) is 0. The van der Waals surface area contributed by atoms with E-state index in [-0.39, 0.29) is 23.5 Å². The zero-order valence-electron chi connectivity index (χ0n) is 14.2. The highest BCUT2D eigenvalue weighted by atomic mass is 32.2. The van der Waals surface area contributed by atoms with Crippen molar-refractivity contribution in [1.29, 1.82) is 0 Å². The van der Waals surface area contributed by atoms with E-state index in [1.54, 1.807) is 16.7 Å². The van der Waals surface area contributed by atoms with Crippen LogP contribution >= 0.6 is 23.5 Å². The number of hydrogen-bond donors (Lipinski definition) is 0. The van der Waals surface area contributed by atoms with Gasteiger partial charge in [-0.05, 0) is 24.5 Å². The van der Waals surface area contributed by atoms with Crippen LogP contribution in [0.15, 0.2) is 29.3 Å². The summed E-state index contributed by atoms with van der Waals surface area (Å²) in [6.07, 6.45) is 1.39. The fourth-order valence-electron chi connectivity index (χ4n) is 3.07. The Bertz CT molecular complexity index is 777. The number of amides is 1. The quantitative estimate of drug-likeness (QED) is 0.762. The third-order valence-electron chi connectivity index (χ3n) is 4.31. The molecule has 2 aliphatic heterocycles. The second kappa shape index (κ2) is 8.14. The molecule has 1 fully saturated rings. The Morgan fingerprint density at radius 3 is 2.92 bits per heavy atom. The lowest BCUT2D eigenvalue weighted by Gasteiger charge is -2.28. The van der Waals surface area contributed by atoms with Crippen molar-refractivity contribution in [2.24, 2.45) is 4.99 Å². The van der Waals surface area contributed by atoms with Crippen LogP contribution in [0.1, 0.15) is 25.3 Å². The van der Waals surface area contributed by atoms with Crippen molar-refractivity contribution in [1.82, 2.24) is 4.90 Å². The molecule has 136 valence electrons. The molecule has 0 saturated carbocycles. The van der Waals surface area contributed by atoms with Crippen LogP contribution in [0.2, 0.25) is 0 Å². The largest absolute Gasteiger partial charge is 0.338 e. The molecule has 1 amide bonds. The van der Waals surface area contributed by atoms with E-state index in [4.69, 9.17) is 0 Å². The topological polar surface area (TPSA) is 66.8 Å². The van der Waals surface area contributed by atoms with Gasteiger partial charge in [0.15, 0.2) is 9.84 Å². The lowest BCUT2D eigenvalue weighted by atomic mass is 10.2. The molecule has 5 nitrogen and oxygen atoms in total. The van der Waals surface area contributed by atoms with E-state index < -0.39 is 9.84 Å². The van der Waals surface area contributed by atoms with E-state index in [2.05, 4.69) is 11.1 Å². The number of nitrogens with zero attached hydrogens (tertiary/aromatic N) is 2. The number of thioether (sulfide) groups is 2. The molecular formula is C17H22N2O3S3. The Balaban J connectivity index is 1.62. The van der Waals surface area contributed by atoms with Gasteiger partial charge >= 0.3 is 0 Å². The minimum absolute atomic E-state index is 0.0103. The van der Waals surface area contributed by atoms with Crippen LogP contribution in [0.5, 0.6) is 0 Å². The zero-order chi connectivity index (χ0) is 17.9. The monoisotopic (exact) mass is 398 g/mol. The first-order chi connectivity index (χ1) is 12.0. The molecule has 0 spiro atoms. The van der Waals surface area contributed by atoms with Gasteiger partial charge in [-0.1, -0.05) is 48.6 Å². The van der Waals surface area contributed by atoms with Crippen molar-refractivity contribution >= 4 is 49.3 Å². The van der Waals surface area contributed by atoms with E-state index in [0.29, 0.717) is 18.7 Å². The molecule has 2 aliphatic rings. The van der Waals surface area contributed by atoms with E-state index in [0.717, 1.165) is 22.2 Å². The van der Waals surface area contributed by atoms with Crippen LogP contribution in [0, 0.1) is 0 Å². The molecule has 1 aromatic carbocycles. The molecule has 0 aromatic heterocycles. The van der Waals surface area contributed by atoms with Crippen LogP contribution in [-0.4, -0.2) is 53.4 Å². The van der Waals surface area contributed by atoms with Gasteiger partial charge in [-0.15, -0.1) is 0 Å². The first kappa shape index (κ1) is 18.8. The SMILES string of the molecule is CCCN(C(=O)CSC1=Nc2ccccc2CS1)[C@@H]1CCS(=O)(=O)C1. The number of aliphatic imine (C=N–C) groups is 1. The normalized spacial score (nSPS) is 21.5. The van der Waals surface area contributed by atoms with E-state index in [1.165, 1.54) is 17.3 Å². The van der Waals surface area contributed by atoms with Crippen LogP contribution in [-0.2, 0) is 20.4 Å². The molecular weight excluding hydrogens is 376 g/mol. The van der Waals surface area contributed by atoms with Crippen LogP contribution < -0.4 is 0 Å². The third-order valence-corrected chi connectivity index (χ3v) is 8.29. The number of sulfone groups is 1. The maximum absolute atomic E-state index is 12.7. The van der Waals surface area contributed by atoms with Crippen molar-refractivity contribution in [3.63, 3.8) is 0 Å². The fraction of sp³-hybridized carbons (Fsp3) is 0.529. The molecule has 1 aromatic rings. The third kappa shape index (κ3) is 4.80. The Labute approximate surface area is 157 Å². The van der Waals surface area contributed by atoms with Gasteiger partial charge in [-0.2, -0.15) is 0 Å². The molecule has 8 heteroatoms. The summed E-state index contributed by atoms with van der Waals surface area (Å²) in [6.45, 7) is 2.62. The number of carbonyl (C=O) groups is 1. The van der Waals surface area contributed by atoms with Gasteiger partial charge in [0, 0.05) is 18.3 Å². The predicted octanol–water partition coefficient (Wildman–Crippen LogP) is 3.08. The van der Waals surface area contributed by atoms with Crippen molar-refractivity contribution in [2.75, 3.05) is 23.8 Å². The van der Waals surface area contributed by atoms with Crippen molar-refractivity contribution in [3.05, 3.63) is 29.8 Å². The highest BCUT2D eigenvalue weighted by molar-refractivity contribution is 8.38. The molecule has 0 radical (unpaired) electrons. The van der Waals surface area contributed by atoms with Crippen LogP contribution in [0.25, 0.3) is 0 Å². The number of para-hydroxylation sites is 1. The molecule has 3 rings (SSSR count). The average molecular weight is 399 g/mol. The number of carbonyl (C=O) groups excluding carboxylic acids is 1. The molecule has 0 bridgehead atoms. The van der Waals surface area contributed by atoms with Gasteiger partial charge in [-0.25, -0.2) is 13.4 Å². The van der Waals surface area contributed by atoms with E-state index in [1.807, 2.05) is 25.1 Å². The van der Waals surface area contributed by atoms with Gasteiger partial charge in [0.05, 0.1) is 22.9 Å². The molecule has 0 aliphatic carbocycles. The Hall–Kier alpha value is -0.990. The Morgan fingerprint density at radius 1 is 1.40 bits per heavy atom. The zero-order valence-corrected chi connectivity index (χ0v) is 16.6. The predicted molar refractivity (Wildman–Crippen MR) is 106 cm³/mol. The lowest BCUT2D eigenvalue weighted by Crippen LogP contribution is -2.42. The summed E-state index contributed by atoms with van der Waals surface area (Å²) in [6, 6.07) is 7.87. The van der Waals surface area contributed by atoms with E-state index in [9.17, 15) is 13.2 Å². The standard InChI is InChI=1S/C17H22N2O3S3/c1-2-8-19(14-7-9-25(21,22)12-14)16(20)11-24-17-18-15-6-4-3-5-13(15)10-23-17/h3-6,14H,2,7-12H2,1H3/t14-/m1/s1. The highest BCUT2D eigenvalue weighted by Crippen LogP contribution is 2.34. The molecule has 0 N–H and O–H groups in total. The van der Waals surface area contributed by atoms with Gasteiger partial charge in [0.1, 0.15) is 4.38 Å². The maximum Gasteiger partial charge on any atom is 0.233 e. The summed E-state index contributed by atoms with van der Waals surface area (Å²) < 4.78 is 24.4. The molecule has 0 unspecified atom stereocenters. The van der Waals surface area contributed by atoms with E-state index >= 15 is 0 Å². The highest BCUT2D eigenvalue weighted by Gasteiger charge is 2.34. The summed E-state index contributed by atoms with van der Waals surface area (Å²) in [5.74, 6) is 1.49. The van der Waals surface area contributed by atoms with Crippen LogP contribution in [0.3, 0.4) is 0 Å². The summed E-state index contributed by atoms with van der Waals surface area (Å²) in [7, 11) is -2.99. The summed E-state index contributed by atoms with van der Waals surface area (Å²) in [5.41, 5.74) is 2.19. The average Bonchev–Trinajstić information content (AvgIpc) is 2.97. The number of fused-ring (bicyclic) bond motifs is 1. The maximum atomic E-state index is 12.7. The fourth-order valence-corrected chi connectivity index (χ4v) is 6.74. The molecule has 1 atom stereocenters. The lowest BCUT2D eigenvalue weighted by molar-refractivity contribution is -0.130. The Kier molecular flexibility index (Phi) is 6.12. The van der Waals surface area contributed by atoms with Gasteiger partial charge in [0.2, 0.25) is 5.91 Å². The number of benzene rings is 1. The van der Waals surface area contributed by atoms with Gasteiger partial charge in [0.25, 0.3) is 0 Å². The minimum atomic E-state index is -2.99. The first-order valence-electron chi connectivity index (χ1n) is 8.40. The number of hydrogen-bond acceptors (Lipinski definition) is 6. The van der Waals surface area contributed by atoms with Crippen molar-refractivity contribution in [3.8, 4) is 0 Å². The summed E-state index contributed by atoms with van der Waals surface area (Å²) in [4.78, 5) is 19.0. The van der Waals surface area contributed by atoms with Crippen molar-refractivity contribution in [2.45, 2.75) is 31.6 Å². The first-order valence-corrected chi connectivity index (χ1v) is 12.2.